The van der Waals surface area contributed by atoms with Crippen molar-refractivity contribution in [2.24, 2.45) is 5.92 Å². The first-order valence-electron chi connectivity index (χ1n) is 7.17. The fourth-order valence-electron chi connectivity index (χ4n) is 3.51. The molecule has 2 fully saturated rings. The molecule has 2 nitrogen and oxygen atoms in total. The van der Waals surface area contributed by atoms with Crippen LogP contribution in [0.15, 0.2) is 0 Å². The molecule has 0 aromatic heterocycles. The zero-order valence-electron chi connectivity index (χ0n) is 11.2. The minimum atomic E-state index is 0.669. The maximum atomic E-state index is 3.67. The highest BCUT2D eigenvalue weighted by atomic mass is 15.2. The highest BCUT2D eigenvalue weighted by Gasteiger charge is 2.33. The Hall–Kier alpha value is -0.0800. The molecule has 2 unspecified atom stereocenters. The topological polar surface area (TPSA) is 15.3 Å². The Labute approximate surface area is 101 Å². The molecule has 0 amide bonds. The summed E-state index contributed by atoms with van der Waals surface area (Å²) in [6.45, 7) is 9.47. The van der Waals surface area contributed by atoms with Gasteiger partial charge in [0.05, 0.1) is 0 Å². The van der Waals surface area contributed by atoms with Crippen molar-refractivity contribution >= 4 is 0 Å². The lowest BCUT2D eigenvalue weighted by Gasteiger charge is -2.46. The summed E-state index contributed by atoms with van der Waals surface area (Å²) >= 11 is 0. The third kappa shape index (κ3) is 2.78. The summed E-state index contributed by atoms with van der Waals surface area (Å²) in [4.78, 5) is 2.75. The molecule has 1 aliphatic carbocycles. The van der Waals surface area contributed by atoms with Crippen molar-refractivity contribution in [2.75, 3.05) is 13.1 Å². The third-order valence-corrected chi connectivity index (χ3v) is 4.44. The van der Waals surface area contributed by atoms with E-state index in [0.717, 1.165) is 12.0 Å². The predicted octanol–water partition coefficient (Wildman–Crippen LogP) is 2.64. The van der Waals surface area contributed by atoms with E-state index in [0.29, 0.717) is 12.1 Å². The third-order valence-electron chi connectivity index (χ3n) is 4.44. The fourth-order valence-corrected chi connectivity index (χ4v) is 3.51. The molecule has 1 aliphatic heterocycles. The quantitative estimate of drug-likeness (QED) is 0.776. The smallest absolute Gasteiger partial charge is 0.0252 e. The lowest BCUT2D eigenvalue weighted by atomic mass is 9.82. The van der Waals surface area contributed by atoms with Crippen molar-refractivity contribution in [1.29, 1.82) is 0 Å². The Kier molecular flexibility index (Phi) is 4.26. The number of nitrogens with one attached hydrogen (secondary N) is 1. The first-order chi connectivity index (χ1) is 7.68. The molecule has 2 atom stereocenters. The molecule has 1 heterocycles. The summed E-state index contributed by atoms with van der Waals surface area (Å²) < 4.78 is 0. The molecule has 2 aliphatic rings. The van der Waals surface area contributed by atoms with Gasteiger partial charge in [0.15, 0.2) is 0 Å². The highest BCUT2D eigenvalue weighted by Crippen LogP contribution is 2.30. The molecule has 94 valence electrons. The summed E-state index contributed by atoms with van der Waals surface area (Å²) in [5.74, 6) is 0.955. The van der Waals surface area contributed by atoms with E-state index in [-0.39, 0.29) is 0 Å². The Morgan fingerprint density at radius 2 is 1.81 bits per heavy atom. The normalized spacial score (nSPS) is 34.5. The van der Waals surface area contributed by atoms with Crippen LogP contribution < -0.4 is 5.32 Å². The fraction of sp³-hybridized carbons (Fsp3) is 1.00. The molecule has 16 heavy (non-hydrogen) atoms. The van der Waals surface area contributed by atoms with Gasteiger partial charge in [-0.05, 0) is 39.5 Å². The van der Waals surface area contributed by atoms with Crippen molar-refractivity contribution in [2.45, 2.75) is 71.0 Å². The van der Waals surface area contributed by atoms with Crippen molar-refractivity contribution in [3.63, 3.8) is 0 Å². The second kappa shape index (κ2) is 5.50. The molecule has 0 radical (unpaired) electrons. The van der Waals surface area contributed by atoms with E-state index in [2.05, 4.69) is 31.0 Å². The van der Waals surface area contributed by atoms with Crippen LogP contribution >= 0.6 is 0 Å². The molecular formula is C14H28N2. The Bertz CT molecular complexity index is 209. The van der Waals surface area contributed by atoms with Crippen LogP contribution in [0.3, 0.4) is 0 Å². The maximum absolute atomic E-state index is 3.67. The average molecular weight is 224 g/mol. The summed E-state index contributed by atoms with van der Waals surface area (Å²) in [5.41, 5.74) is 0. The largest absolute Gasteiger partial charge is 0.311 e. The minimum absolute atomic E-state index is 0.669. The van der Waals surface area contributed by atoms with E-state index in [1.165, 1.54) is 45.2 Å². The molecule has 1 N–H and O–H groups in total. The van der Waals surface area contributed by atoms with Gasteiger partial charge in [-0.15, -0.1) is 0 Å². The van der Waals surface area contributed by atoms with Gasteiger partial charge < -0.3 is 5.32 Å². The van der Waals surface area contributed by atoms with Crippen LogP contribution in [-0.4, -0.2) is 36.1 Å². The summed E-state index contributed by atoms with van der Waals surface area (Å²) in [7, 11) is 0. The van der Waals surface area contributed by atoms with Gasteiger partial charge >= 0.3 is 0 Å². The van der Waals surface area contributed by atoms with Crippen molar-refractivity contribution < 1.29 is 0 Å². The predicted molar refractivity (Wildman–Crippen MR) is 69.7 cm³/mol. The van der Waals surface area contributed by atoms with Gasteiger partial charge in [-0.3, -0.25) is 4.90 Å². The van der Waals surface area contributed by atoms with Crippen LogP contribution in [0.4, 0.5) is 0 Å². The lowest BCUT2D eigenvalue weighted by Crippen LogP contribution is -2.60. The molecule has 0 aromatic carbocycles. The Balaban J connectivity index is 1.99. The van der Waals surface area contributed by atoms with Crippen molar-refractivity contribution in [1.82, 2.24) is 10.2 Å². The van der Waals surface area contributed by atoms with Crippen LogP contribution in [0, 0.1) is 5.92 Å². The second-order valence-electron chi connectivity index (χ2n) is 6.07. The van der Waals surface area contributed by atoms with Crippen LogP contribution in [-0.2, 0) is 0 Å². The Morgan fingerprint density at radius 1 is 1.12 bits per heavy atom. The number of rotatable bonds is 2. The van der Waals surface area contributed by atoms with Crippen LogP contribution in [0.2, 0.25) is 0 Å². The number of nitrogens with zero attached hydrogens (tertiary/aromatic N) is 1. The van der Waals surface area contributed by atoms with Crippen LogP contribution in [0.5, 0.6) is 0 Å². The van der Waals surface area contributed by atoms with Gasteiger partial charge in [0.1, 0.15) is 0 Å². The van der Waals surface area contributed by atoms with Gasteiger partial charge in [0.25, 0.3) is 0 Å². The molecule has 1 saturated heterocycles. The second-order valence-corrected chi connectivity index (χ2v) is 6.07. The highest BCUT2D eigenvalue weighted by molar-refractivity contribution is 4.90. The number of hydrogen-bond donors (Lipinski definition) is 1. The Morgan fingerprint density at radius 3 is 2.44 bits per heavy atom. The molecule has 1 saturated carbocycles. The van der Waals surface area contributed by atoms with E-state index in [1.54, 1.807) is 0 Å². The first kappa shape index (κ1) is 12.4. The van der Waals surface area contributed by atoms with E-state index in [1.807, 2.05) is 0 Å². The molecular weight excluding hydrogens is 196 g/mol. The van der Waals surface area contributed by atoms with Gasteiger partial charge in [-0.25, -0.2) is 0 Å². The molecule has 2 heteroatoms. The van der Waals surface area contributed by atoms with Crippen molar-refractivity contribution in [3.05, 3.63) is 0 Å². The monoisotopic (exact) mass is 224 g/mol. The molecule has 0 aromatic rings. The summed E-state index contributed by atoms with van der Waals surface area (Å²) in [6, 6.07) is 2.18. The SMILES string of the molecule is CC1CN(C(C)C)C(C2CCCCC2)CN1. The molecule has 0 spiro atoms. The van der Waals surface area contributed by atoms with Crippen molar-refractivity contribution in [3.8, 4) is 0 Å². The van der Waals surface area contributed by atoms with Crippen LogP contribution in [0.25, 0.3) is 0 Å². The van der Waals surface area contributed by atoms with Gasteiger partial charge in [-0.2, -0.15) is 0 Å². The van der Waals surface area contributed by atoms with Gasteiger partial charge in [0.2, 0.25) is 0 Å². The summed E-state index contributed by atoms with van der Waals surface area (Å²) in [6.07, 6.45) is 7.31. The zero-order valence-corrected chi connectivity index (χ0v) is 11.2. The minimum Gasteiger partial charge on any atom is -0.311 e. The van der Waals surface area contributed by atoms with E-state index >= 15 is 0 Å². The van der Waals surface area contributed by atoms with E-state index in [4.69, 9.17) is 0 Å². The lowest BCUT2D eigenvalue weighted by molar-refractivity contribution is 0.0501. The van der Waals surface area contributed by atoms with Crippen LogP contribution in [0.1, 0.15) is 52.9 Å². The molecule has 0 bridgehead atoms. The van der Waals surface area contributed by atoms with Gasteiger partial charge in [-0.1, -0.05) is 19.3 Å². The number of piperazine rings is 1. The van der Waals surface area contributed by atoms with Gasteiger partial charge in [0, 0.05) is 31.2 Å². The van der Waals surface area contributed by atoms with E-state index < -0.39 is 0 Å². The zero-order chi connectivity index (χ0) is 11.5. The van der Waals surface area contributed by atoms with E-state index in [9.17, 15) is 0 Å². The first-order valence-corrected chi connectivity index (χ1v) is 7.17. The maximum Gasteiger partial charge on any atom is 0.0252 e. The average Bonchev–Trinajstić information content (AvgIpc) is 2.30. The number of hydrogen-bond acceptors (Lipinski definition) is 2. The summed E-state index contributed by atoms with van der Waals surface area (Å²) in [5, 5.41) is 3.67. The standard InChI is InChI=1S/C14H28N2/c1-11(2)16-10-12(3)15-9-14(16)13-7-5-4-6-8-13/h11-15H,4-10H2,1-3H3. The molecule has 2 rings (SSSR count).